The highest BCUT2D eigenvalue weighted by Gasteiger charge is 2.33. The van der Waals surface area contributed by atoms with Crippen LogP contribution in [0.15, 0.2) is 24.3 Å². The number of rotatable bonds is 5. The summed E-state index contributed by atoms with van der Waals surface area (Å²) in [7, 11) is 0. The van der Waals surface area contributed by atoms with Crippen molar-refractivity contribution in [2.24, 2.45) is 0 Å². The second kappa shape index (κ2) is 7.45. The maximum Gasteiger partial charge on any atom is 0.325 e. The first-order valence-electron chi connectivity index (χ1n) is 7.07. The topological polar surface area (TPSA) is 95.5 Å². The Morgan fingerprint density at radius 3 is 2.78 bits per heavy atom. The van der Waals surface area contributed by atoms with E-state index >= 15 is 0 Å². The van der Waals surface area contributed by atoms with Crippen LogP contribution in [0.25, 0.3) is 0 Å². The fourth-order valence-electron chi connectivity index (χ4n) is 2.13. The van der Waals surface area contributed by atoms with E-state index in [1.807, 2.05) is 0 Å². The molecule has 2 unspecified atom stereocenters. The summed E-state index contributed by atoms with van der Waals surface area (Å²) in [4.78, 5) is 34.7. The Bertz CT molecular complexity index is 625. The normalized spacial score (nSPS) is 22.1. The van der Waals surface area contributed by atoms with Crippen molar-refractivity contribution >= 4 is 29.5 Å². The second-order valence-corrected chi connectivity index (χ2v) is 6.48. The molecule has 3 atom stereocenters. The zero-order valence-electron chi connectivity index (χ0n) is 12.4. The summed E-state index contributed by atoms with van der Waals surface area (Å²) in [5.41, 5.74) is 0.447. The SMILES string of the molecule is C[C@@H](NC(=O)C1CSC(Cc2ccccc2F)C(=O)N1)C(=O)O. The molecule has 1 aliphatic rings. The molecule has 2 amide bonds. The number of carbonyl (C=O) groups is 3. The van der Waals surface area contributed by atoms with Gasteiger partial charge in [0.1, 0.15) is 17.9 Å². The largest absolute Gasteiger partial charge is 0.480 e. The standard InChI is InChI=1S/C15H17FN2O4S/c1-8(15(21)22)17-13(19)11-7-23-12(14(20)18-11)6-9-4-2-3-5-10(9)16/h2-5,8,11-12H,6-7H2,1H3,(H,17,19)(H,18,20)(H,21,22)/t8-,11?,12?/m1/s1. The third kappa shape index (κ3) is 4.44. The number of amides is 2. The van der Waals surface area contributed by atoms with Crippen molar-refractivity contribution in [1.82, 2.24) is 10.6 Å². The number of carboxylic acid groups (broad SMARTS) is 1. The van der Waals surface area contributed by atoms with Crippen LogP contribution in [0.3, 0.4) is 0 Å². The summed E-state index contributed by atoms with van der Waals surface area (Å²) in [6, 6.07) is 4.43. The minimum Gasteiger partial charge on any atom is -0.480 e. The Balaban J connectivity index is 1.92. The predicted molar refractivity (Wildman–Crippen MR) is 83.5 cm³/mol. The first-order valence-corrected chi connectivity index (χ1v) is 8.12. The lowest BCUT2D eigenvalue weighted by Gasteiger charge is -2.28. The number of hydrogen-bond donors (Lipinski definition) is 3. The predicted octanol–water partition coefficient (Wildman–Crippen LogP) is 0.558. The Hall–Kier alpha value is -2.09. The first-order chi connectivity index (χ1) is 10.9. The Morgan fingerprint density at radius 1 is 1.48 bits per heavy atom. The molecular weight excluding hydrogens is 323 g/mol. The molecule has 1 aromatic rings. The number of carbonyl (C=O) groups excluding carboxylic acids is 2. The quantitative estimate of drug-likeness (QED) is 0.728. The molecule has 0 aliphatic carbocycles. The number of carboxylic acids is 1. The van der Waals surface area contributed by atoms with Gasteiger partial charge in [-0.3, -0.25) is 14.4 Å². The van der Waals surface area contributed by atoms with E-state index in [4.69, 9.17) is 5.11 Å². The fourth-order valence-corrected chi connectivity index (χ4v) is 3.30. The van der Waals surface area contributed by atoms with Gasteiger partial charge in [-0.1, -0.05) is 18.2 Å². The lowest BCUT2D eigenvalue weighted by Crippen LogP contribution is -2.56. The van der Waals surface area contributed by atoms with E-state index in [-0.39, 0.29) is 18.1 Å². The second-order valence-electron chi connectivity index (χ2n) is 5.25. The highest BCUT2D eigenvalue weighted by molar-refractivity contribution is 8.00. The zero-order valence-corrected chi connectivity index (χ0v) is 13.2. The number of benzene rings is 1. The monoisotopic (exact) mass is 340 g/mol. The van der Waals surface area contributed by atoms with Crippen LogP contribution in [0.5, 0.6) is 0 Å². The van der Waals surface area contributed by atoms with Gasteiger partial charge in [0, 0.05) is 5.75 Å². The van der Waals surface area contributed by atoms with E-state index in [1.165, 1.54) is 24.8 Å². The van der Waals surface area contributed by atoms with Crippen molar-refractivity contribution in [2.75, 3.05) is 5.75 Å². The molecule has 0 saturated carbocycles. The number of hydrogen-bond acceptors (Lipinski definition) is 4. The summed E-state index contributed by atoms with van der Waals surface area (Å²) in [6.45, 7) is 1.35. The van der Waals surface area contributed by atoms with Crippen molar-refractivity contribution in [3.05, 3.63) is 35.6 Å². The number of thioether (sulfide) groups is 1. The van der Waals surface area contributed by atoms with Gasteiger partial charge in [-0.05, 0) is 25.0 Å². The molecule has 1 fully saturated rings. The highest BCUT2D eigenvalue weighted by Crippen LogP contribution is 2.23. The van der Waals surface area contributed by atoms with Gasteiger partial charge in [-0.2, -0.15) is 0 Å². The lowest BCUT2D eigenvalue weighted by molar-refractivity contribution is -0.141. The van der Waals surface area contributed by atoms with Gasteiger partial charge in [-0.25, -0.2) is 4.39 Å². The van der Waals surface area contributed by atoms with Gasteiger partial charge in [0.2, 0.25) is 11.8 Å². The van der Waals surface area contributed by atoms with Crippen LogP contribution >= 0.6 is 11.8 Å². The van der Waals surface area contributed by atoms with E-state index in [0.29, 0.717) is 11.3 Å². The van der Waals surface area contributed by atoms with Crippen LogP contribution in [-0.4, -0.2) is 46.0 Å². The zero-order chi connectivity index (χ0) is 17.0. The third-order valence-corrected chi connectivity index (χ3v) is 4.79. The third-order valence-electron chi connectivity index (χ3n) is 3.48. The highest BCUT2D eigenvalue weighted by atomic mass is 32.2. The summed E-state index contributed by atoms with van der Waals surface area (Å²) in [5, 5.41) is 13.2. The Kier molecular flexibility index (Phi) is 5.59. The molecule has 1 heterocycles. The number of nitrogens with one attached hydrogen (secondary N) is 2. The van der Waals surface area contributed by atoms with Gasteiger partial charge in [0.05, 0.1) is 5.25 Å². The Labute approximate surface area is 136 Å². The molecule has 0 spiro atoms. The van der Waals surface area contributed by atoms with Gasteiger partial charge >= 0.3 is 5.97 Å². The summed E-state index contributed by atoms with van der Waals surface area (Å²) >= 11 is 1.26. The van der Waals surface area contributed by atoms with E-state index in [0.717, 1.165) is 0 Å². The molecule has 8 heteroatoms. The average Bonchev–Trinajstić information content (AvgIpc) is 2.51. The summed E-state index contributed by atoms with van der Waals surface area (Å²) in [5.74, 6) is -2.09. The van der Waals surface area contributed by atoms with Crippen LogP contribution in [0.4, 0.5) is 4.39 Å². The van der Waals surface area contributed by atoms with Crippen molar-refractivity contribution in [3.8, 4) is 0 Å². The van der Waals surface area contributed by atoms with Crippen molar-refractivity contribution < 1.29 is 23.9 Å². The van der Waals surface area contributed by atoms with Crippen LogP contribution < -0.4 is 10.6 Å². The molecule has 6 nitrogen and oxygen atoms in total. The molecule has 0 bridgehead atoms. The molecule has 0 aromatic heterocycles. The van der Waals surface area contributed by atoms with Gasteiger partial charge < -0.3 is 15.7 Å². The van der Waals surface area contributed by atoms with Crippen LogP contribution in [0, 0.1) is 5.82 Å². The van der Waals surface area contributed by atoms with E-state index in [2.05, 4.69) is 10.6 Å². The lowest BCUT2D eigenvalue weighted by atomic mass is 10.1. The van der Waals surface area contributed by atoms with Crippen LogP contribution in [-0.2, 0) is 20.8 Å². The van der Waals surface area contributed by atoms with Crippen molar-refractivity contribution in [2.45, 2.75) is 30.7 Å². The maximum absolute atomic E-state index is 13.6. The molecule has 23 heavy (non-hydrogen) atoms. The minimum absolute atomic E-state index is 0.239. The van der Waals surface area contributed by atoms with E-state index in [9.17, 15) is 18.8 Å². The smallest absolute Gasteiger partial charge is 0.325 e. The van der Waals surface area contributed by atoms with E-state index in [1.54, 1.807) is 18.2 Å². The molecule has 1 saturated heterocycles. The molecule has 2 rings (SSSR count). The summed E-state index contributed by atoms with van der Waals surface area (Å²) < 4.78 is 13.6. The molecular formula is C15H17FN2O4S. The Morgan fingerprint density at radius 2 is 2.17 bits per heavy atom. The minimum atomic E-state index is -1.15. The van der Waals surface area contributed by atoms with Crippen molar-refractivity contribution in [1.29, 1.82) is 0 Å². The van der Waals surface area contributed by atoms with Gasteiger partial charge in [0.15, 0.2) is 0 Å². The number of aliphatic carboxylic acids is 1. The van der Waals surface area contributed by atoms with Gasteiger partial charge in [0.25, 0.3) is 0 Å². The molecule has 3 N–H and O–H groups in total. The molecule has 0 radical (unpaired) electrons. The molecule has 1 aliphatic heterocycles. The van der Waals surface area contributed by atoms with Crippen molar-refractivity contribution in [3.63, 3.8) is 0 Å². The number of halogens is 1. The van der Waals surface area contributed by atoms with E-state index < -0.39 is 29.2 Å². The van der Waals surface area contributed by atoms with Crippen LogP contribution in [0.1, 0.15) is 12.5 Å². The first kappa shape index (κ1) is 17.3. The summed E-state index contributed by atoms with van der Waals surface area (Å²) in [6.07, 6.45) is 0.239. The fraction of sp³-hybridized carbons (Fsp3) is 0.400. The molecule has 124 valence electrons. The maximum atomic E-state index is 13.6. The van der Waals surface area contributed by atoms with Crippen LogP contribution in [0.2, 0.25) is 0 Å². The molecule has 1 aromatic carbocycles. The average molecular weight is 340 g/mol. The van der Waals surface area contributed by atoms with Gasteiger partial charge in [-0.15, -0.1) is 11.8 Å².